The molecule has 1 N–H and O–H groups in total. The molecule has 0 bridgehead atoms. The molecule has 7 heteroatoms. The first-order valence-electron chi connectivity index (χ1n) is 9.89. The Balaban J connectivity index is 1.59. The first-order valence-corrected chi connectivity index (χ1v) is 11.0. The van der Waals surface area contributed by atoms with E-state index in [0.717, 1.165) is 22.9 Å². The number of anilines is 2. The molecular formula is C22H22FN3O2S. The minimum Gasteiger partial charge on any atom is -0.326 e. The van der Waals surface area contributed by atoms with Crippen LogP contribution in [-0.4, -0.2) is 40.9 Å². The second kappa shape index (κ2) is 6.85. The highest BCUT2D eigenvalue weighted by Gasteiger charge is 2.67. The van der Waals surface area contributed by atoms with E-state index in [9.17, 15) is 14.0 Å². The Hall–Kier alpha value is -2.38. The summed E-state index contributed by atoms with van der Waals surface area (Å²) in [6, 6.07) is 13.8. The van der Waals surface area contributed by atoms with Crippen LogP contribution >= 0.6 is 11.8 Å². The monoisotopic (exact) mass is 411 g/mol. The van der Waals surface area contributed by atoms with E-state index in [0.29, 0.717) is 18.7 Å². The molecule has 3 aliphatic heterocycles. The van der Waals surface area contributed by atoms with Crippen molar-refractivity contribution in [2.45, 2.75) is 24.9 Å². The third-order valence-corrected chi connectivity index (χ3v) is 7.45. The molecule has 3 atom stereocenters. The van der Waals surface area contributed by atoms with Gasteiger partial charge in [-0.3, -0.25) is 14.5 Å². The van der Waals surface area contributed by atoms with E-state index in [-0.39, 0.29) is 23.7 Å². The van der Waals surface area contributed by atoms with Gasteiger partial charge in [-0.25, -0.2) is 4.39 Å². The Kier molecular flexibility index (Phi) is 4.40. The molecule has 0 aromatic heterocycles. The Morgan fingerprint density at radius 3 is 2.76 bits per heavy atom. The van der Waals surface area contributed by atoms with E-state index in [4.69, 9.17) is 0 Å². The maximum Gasteiger partial charge on any atom is 0.253 e. The zero-order chi connectivity index (χ0) is 20.2. The van der Waals surface area contributed by atoms with Crippen molar-refractivity contribution in [2.75, 3.05) is 28.4 Å². The van der Waals surface area contributed by atoms with Gasteiger partial charge < -0.3 is 10.2 Å². The summed E-state index contributed by atoms with van der Waals surface area (Å²) in [5, 5.41) is 2.93. The van der Waals surface area contributed by atoms with Crippen LogP contribution in [0.1, 0.15) is 18.9 Å². The molecule has 0 saturated carbocycles. The highest BCUT2D eigenvalue weighted by Crippen LogP contribution is 2.57. The lowest BCUT2D eigenvalue weighted by atomic mass is 9.79. The number of benzene rings is 2. The zero-order valence-electron chi connectivity index (χ0n) is 16.1. The van der Waals surface area contributed by atoms with Crippen LogP contribution in [0.15, 0.2) is 48.5 Å². The number of hydrogen-bond donors (Lipinski definition) is 1. The van der Waals surface area contributed by atoms with E-state index in [2.05, 4.69) is 10.2 Å². The van der Waals surface area contributed by atoms with Gasteiger partial charge >= 0.3 is 0 Å². The summed E-state index contributed by atoms with van der Waals surface area (Å²) in [7, 11) is 0. The summed E-state index contributed by atoms with van der Waals surface area (Å²) < 4.78 is 13.2. The number of nitrogens with one attached hydrogen (secondary N) is 1. The molecule has 3 heterocycles. The van der Waals surface area contributed by atoms with Crippen LogP contribution < -0.4 is 10.2 Å². The van der Waals surface area contributed by atoms with E-state index in [1.54, 1.807) is 17.0 Å². The molecule has 5 nitrogen and oxygen atoms in total. The zero-order valence-corrected chi connectivity index (χ0v) is 16.9. The summed E-state index contributed by atoms with van der Waals surface area (Å²) in [5.74, 6) is 0.620. The lowest BCUT2D eigenvalue weighted by Gasteiger charge is -2.36. The molecule has 1 spiro atoms. The van der Waals surface area contributed by atoms with Crippen molar-refractivity contribution >= 4 is 35.0 Å². The van der Waals surface area contributed by atoms with E-state index < -0.39 is 11.5 Å². The second-order valence-electron chi connectivity index (χ2n) is 7.74. The van der Waals surface area contributed by atoms with E-state index >= 15 is 0 Å². The standard InChI is InChI=1S/C22H22FN3O2S/c1-2-25-19-6-4-3-5-17(19)22(21(25)28)18(11-16-12-29-13-26(16)22)20(27)24-15-9-7-14(23)8-10-15/h3-10,16,18H,2,11-13H2,1H3,(H,24,27)/t16-,18+,22+/m1/s1. The van der Waals surface area contributed by atoms with Crippen molar-refractivity contribution in [1.82, 2.24) is 4.90 Å². The van der Waals surface area contributed by atoms with Crippen molar-refractivity contribution in [3.63, 3.8) is 0 Å². The molecule has 2 amide bonds. The van der Waals surface area contributed by atoms with Crippen LogP contribution in [0.25, 0.3) is 0 Å². The fourth-order valence-corrected chi connectivity index (χ4v) is 6.46. The summed E-state index contributed by atoms with van der Waals surface area (Å²) in [5.41, 5.74) is 1.40. The maximum absolute atomic E-state index is 13.8. The van der Waals surface area contributed by atoms with Gasteiger partial charge in [0.1, 0.15) is 11.4 Å². The van der Waals surface area contributed by atoms with E-state index in [1.165, 1.54) is 12.1 Å². The predicted octanol–water partition coefficient (Wildman–Crippen LogP) is 3.42. The molecule has 0 unspecified atom stereocenters. The van der Waals surface area contributed by atoms with Crippen LogP contribution in [-0.2, 0) is 15.1 Å². The van der Waals surface area contributed by atoms with Crippen LogP contribution in [0.3, 0.4) is 0 Å². The van der Waals surface area contributed by atoms with Crippen LogP contribution in [0.5, 0.6) is 0 Å². The van der Waals surface area contributed by atoms with Gasteiger partial charge in [0.25, 0.3) is 5.91 Å². The number of para-hydroxylation sites is 1. The Bertz CT molecular complexity index is 982. The van der Waals surface area contributed by atoms with E-state index in [1.807, 2.05) is 43.0 Å². The van der Waals surface area contributed by atoms with Gasteiger partial charge in [-0.15, -0.1) is 11.8 Å². The fourth-order valence-electron chi connectivity index (χ4n) is 5.16. The third kappa shape index (κ3) is 2.57. The lowest BCUT2D eigenvalue weighted by molar-refractivity contribution is -0.136. The van der Waals surface area contributed by atoms with Crippen LogP contribution in [0.2, 0.25) is 0 Å². The Labute approximate surface area is 173 Å². The molecule has 3 aliphatic rings. The molecule has 2 fully saturated rings. The normalized spacial score (nSPS) is 28.1. The minimum atomic E-state index is -0.967. The van der Waals surface area contributed by atoms with Gasteiger partial charge in [-0.05, 0) is 43.7 Å². The number of amides is 2. The second-order valence-corrected chi connectivity index (χ2v) is 8.74. The number of fused-ring (bicyclic) bond motifs is 4. The minimum absolute atomic E-state index is 0.00884. The molecule has 0 aliphatic carbocycles. The highest BCUT2D eigenvalue weighted by atomic mass is 32.2. The average molecular weight is 412 g/mol. The molecule has 5 rings (SSSR count). The number of rotatable bonds is 3. The molecule has 29 heavy (non-hydrogen) atoms. The molecule has 2 aromatic carbocycles. The number of carbonyl (C=O) groups excluding carboxylic acids is 2. The summed E-state index contributed by atoms with van der Waals surface area (Å²) >= 11 is 1.81. The topological polar surface area (TPSA) is 52.7 Å². The number of likely N-dealkylation sites (N-methyl/N-ethyl adjacent to an activating group) is 1. The largest absolute Gasteiger partial charge is 0.326 e. The predicted molar refractivity (Wildman–Crippen MR) is 112 cm³/mol. The number of nitrogens with zero attached hydrogens (tertiary/aromatic N) is 2. The van der Waals surface area contributed by atoms with Gasteiger partial charge in [-0.2, -0.15) is 0 Å². The van der Waals surface area contributed by atoms with Crippen molar-refractivity contribution in [1.29, 1.82) is 0 Å². The lowest BCUT2D eigenvalue weighted by Crippen LogP contribution is -2.55. The maximum atomic E-state index is 13.8. The summed E-state index contributed by atoms with van der Waals surface area (Å²) in [6.07, 6.45) is 0.637. The highest BCUT2D eigenvalue weighted by molar-refractivity contribution is 7.99. The first-order chi connectivity index (χ1) is 14.1. The number of carbonyl (C=O) groups is 2. The molecule has 150 valence electrons. The van der Waals surface area contributed by atoms with Crippen molar-refractivity contribution < 1.29 is 14.0 Å². The van der Waals surface area contributed by atoms with Crippen LogP contribution in [0, 0.1) is 11.7 Å². The quantitative estimate of drug-likeness (QED) is 0.841. The fraction of sp³-hybridized carbons (Fsp3) is 0.364. The third-order valence-electron chi connectivity index (χ3n) is 6.37. The average Bonchev–Trinajstić information content (AvgIpc) is 3.37. The van der Waals surface area contributed by atoms with Crippen molar-refractivity contribution in [2.24, 2.45) is 5.92 Å². The number of halogens is 1. The molecule has 2 aromatic rings. The summed E-state index contributed by atoms with van der Waals surface area (Å²) in [4.78, 5) is 31.3. The number of hydrogen-bond acceptors (Lipinski definition) is 4. The SMILES string of the molecule is CCN1C(=O)[C@]2(c3ccccc31)[C@H](C(=O)Nc1ccc(F)cc1)C[C@@H]1CSCN12. The smallest absolute Gasteiger partial charge is 0.253 e. The van der Waals surface area contributed by atoms with Gasteiger partial charge in [0, 0.05) is 41.2 Å². The van der Waals surface area contributed by atoms with Gasteiger partial charge in [0.05, 0.1) is 5.92 Å². The summed E-state index contributed by atoms with van der Waals surface area (Å²) in [6.45, 7) is 2.53. The van der Waals surface area contributed by atoms with Crippen molar-refractivity contribution in [3.05, 3.63) is 59.9 Å². The Morgan fingerprint density at radius 2 is 2.00 bits per heavy atom. The van der Waals surface area contributed by atoms with Crippen molar-refractivity contribution in [3.8, 4) is 0 Å². The molecule has 0 radical (unpaired) electrons. The van der Waals surface area contributed by atoms with Crippen LogP contribution in [0.4, 0.5) is 15.8 Å². The first kappa shape index (κ1) is 18.6. The van der Waals surface area contributed by atoms with Gasteiger partial charge in [0.2, 0.25) is 5.91 Å². The molecule has 2 saturated heterocycles. The van der Waals surface area contributed by atoms with Gasteiger partial charge in [-0.1, -0.05) is 18.2 Å². The molecular weight excluding hydrogens is 389 g/mol. The number of thioether (sulfide) groups is 1. The Morgan fingerprint density at radius 1 is 1.24 bits per heavy atom. The van der Waals surface area contributed by atoms with Gasteiger partial charge in [0.15, 0.2) is 0 Å².